The van der Waals surface area contributed by atoms with E-state index in [9.17, 15) is 14.7 Å². The molecule has 160 valence electrons. The Morgan fingerprint density at radius 3 is 3.00 bits per heavy atom. The van der Waals surface area contributed by atoms with Gasteiger partial charge in [0.05, 0.1) is 12.1 Å². The zero-order chi connectivity index (χ0) is 20.9. The van der Waals surface area contributed by atoms with Gasteiger partial charge in [-0.3, -0.25) is 4.90 Å². The molecule has 0 aromatic carbocycles. The summed E-state index contributed by atoms with van der Waals surface area (Å²) >= 11 is 2.68. The summed E-state index contributed by atoms with van der Waals surface area (Å²) in [4.78, 5) is 28.6. The van der Waals surface area contributed by atoms with Crippen molar-refractivity contribution in [2.45, 2.75) is 42.2 Å². The molecule has 29 heavy (non-hydrogen) atoms. The topological polar surface area (TPSA) is 109 Å². The average molecular weight is 443 g/mol. The Morgan fingerprint density at radius 1 is 1.59 bits per heavy atom. The fourth-order valence-corrected chi connectivity index (χ4v) is 5.41. The first kappa shape index (κ1) is 22.1. The van der Waals surface area contributed by atoms with Crippen LogP contribution in [0.4, 0.5) is 4.79 Å². The SMILES string of the molecule is COCCC1([C@H](O)/C=C/[C@H]2COC(=O)N2CCSc2nc(C(=O)O)cs2)CCC1. The number of carboxylic acids is 1. The largest absolute Gasteiger partial charge is 0.476 e. The zero-order valence-corrected chi connectivity index (χ0v) is 17.9. The van der Waals surface area contributed by atoms with E-state index in [1.54, 1.807) is 18.1 Å². The molecule has 1 amide bonds. The lowest BCUT2D eigenvalue weighted by Gasteiger charge is -2.44. The van der Waals surface area contributed by atoms with E-state index in [4.69, 9.17) is 14.6 Å². The Kier molecular flexibility index (Phi) is 7.55. The van der Waals surface area contributed by atoms with Crippen LogP contribution in [-0.4, -0.2) is 76.9 Å². The highest BCUT2D eigenvalue weighted by Crippen LogP contribution is 2.47. The van der Waals surface area contributed by atoms with E-state index in [1.165, 1.54) is 28.5 Å². The smallest absolute Gasteiger partial charge is 0.410 e. The van der Waals surface area contributed by atoms with Gasteiger partial charge in [0.1, 0.15) is 6.61 Å². The number of thioether (sulfide) groups is 1. The lowest BCUT2D eigenvalue weighted by atomic mass is 9.63. The van der Waals surface area contributed by atoms with Gasteiger partial charge in [0.25, 0.3) is 0 Å². The highest BCUT2D eigenvalue weighted by atomic mass is 32.2. The number of cyclic esters (lactones) is 1. The maximum atomic E-state index is 12.1. The molecule has 0 spiro atoms. The molecule has 0 bridgehead atoms. The minimum atomic E-state index is -1.05. The number of amides is 1. The number of aliphatic hydroxyl groups excluding tert-OH is 1. The van der Waals surface area contributed by atoms with Crippen molar-refractivity contribution >= 4 is 35.2 Å². The van der Waals surface area contributed by atoms with Crippen molar-refractivity contribution in [3.8, 4) is 0 Å². The Balaban J connectivity index is 1.52. The van der Waals surface area contributed by atoms with E-state index in [1.807, 2.05) is 6.08 Å². The van der Waals surface area contributed by atoms with E-state index in [0.717, 1.165) is 25.7 Å². The molecule has 0 unspecified atom stereocenters. The normalized spacial score (nSPS) is 21.9. The van der Waals surface area contributed by atoms with Crippen molar-refractivity contribution in [3.63, 3.8) is 0 Å². The van der Waals surface area contributed by atoms with Crippen molar-refractivity contribution in [1.29, 1.82) is 0 Å². The molecule has 1 aromatic heterocycles. The van der Waals surface area contributed by atoms with Crippen LogP contribution in [0.25, 0.3) is 0 Å². The van der Waals surface area contributed by atoms with E-state index >= 15 is 0 Å². The van der Waals surface area contributed by atoms with Crippen LogP contribution in [0.5, 0.6) is 0 Å². The third-order valence-electron chi connectivity index (χ3n) is 5.57. The second kappa shape index (κ2) is 9.92. The van der Waals surface area contributed by atoms with Crippen LogP contribution in [0.1, 0.15) is 36.2 Å². The van der Waals surface area contributed by atoms with Crippen LogP contribution < -0.4 is 0 Å². The fourth-order valence-electron chi connectivity index (χ4n) is 3.60. The molecule has 2 heterocycles. The summed E-state index contributed by atoms with van der Waals surface area (Å²) in [6.07, 6.45) is 6.61. The first-order valence-electron chi connectivity index (χ1n) is 9.55. The van der Waals surface area contributed by atoms with E-state index in [-0.39, 0.29) is 29.9 Å². The van der Waals surface area contributed by atoms with Crippen LogP contribution in [-0.2, 0) is 9.47 Å². The van der Waals surface area contributed by atoms with Gasteiger partial charge in [-0.15, -0.1) is 11.3 Å². The molecule has 2 aliphatic rings. The first-order chi connectivity index (χ1) is 13.9. The Labute approximate surface area is 177 Å². The predicted molar refractivity (Wildman–Crippen MR) is 110 cm³/mol. The number of methoxy groups -OCH3 is 1. The van der Waals surface area contributed by atoms with Gasteiger partial charge in [0, 0.05) is 36.8 Å². The molecule has 8 nitrogen and oxygen atoms in total. The number of carbonyl (C=O) groups excluding carboxylic acids is 1. The number of carbonyl (C=O) groups is 2. The minimum Gasteiger partial charge on any atom is -0.476 e. The summed E-state index contributed by atoms with van der Waals surface area (Å²) < 4.78 is 11.0. The fraction of sp³-hybridized carbons (Fsp3) is 0.632. The Hall–Kier alpha value is -1.62. The standard InChI is InChI=1S/C19H26N2O6S2/c1-26-9-7-19(5-2-6-19)15(22)4-3-13-11-27-18(25)21(13)8-10-28-17-20-14(12-29-17)16(23)24/h3-4,12-13,15,22H,2,5-11H2,1H3,(H,23,24)/b4-3+/t13-,15+/m0/s1. The third-order valence-corrected chi connectivity index (χ3v) is 7.57. The van der Waals surface area contributed by atoms with Crippen molar-refractivity contribution in [3.05, 3.63) is 23.2 Å². The molecule has 1 aliphatic heterocycles. The van der Waals surface area contributed by atoms with E-state index in [0.29, 0.717) is 23.2 Å². The molecule has 2 atom stereocenters. The van der Waals surface area contributed by atoms with Crippen molar-refractivity contribution in [1.82, 2.24) is 9.88 Å². The number of hydrogen-bond donors (Lipinski definition) is 2. The average Bonchev–Trinajstić information content (AvgIpc) is 3.27. The maximum absolute atomic E-state index is 12.1. The number of thiazole rings is 1. The number of nitrogens with zero attached hydrogens (tertiary/aromatic N) is 2. The molecule has 1 aliphatic carbocycles. The summed E-state index contributed by atoms with van der Waals surface area (Å²) in [6, 6.07) is -0.219. The number of aliphatic hydroxyl groups is 1. The number of aromatic nitrogens is 1. The molecule has 0 radical (unpaired) electrons. The number of aromatic carboxylic acids is 1. The lowest BCUT2D eigenvalue weighted by molar-refractivity contribution is -0.0285. The van der Waals surface area contributed by atoms with Crippen molar-refractivity contribution in [2.24, 2.45) is 5.41 Å². The zero-order valence-electron chi connectivity index (χ0n) is 16.3. The van der Waals surface area contributed by atoms with Crippen LogP contribution >= 0.6 is 23.1 Å². The molecule has 1 saturated heterocycles. The number of carboxylic acid groups (broad SMARTS) is 1. The first-order valence-corrected chi connectivity index (χ1v) is 11.4. The summed E-state index contributed by atoms with van der Waals surface area (Å²) in [6.45, 7) is 1.34. The summed E-state index contributed by atoms with van der Waals surface area (Å²) in [7, 11) is 1.67. The number of rotatable bonds is 11. The van der Waals surface area contributed by atoms with Gasteiger partial charge < -0.3 is 19.7 Å². The van der Waals surface area contributed by atoms with Gasteiger partial charge >= 0.3 is 12.1 Å². The second-order valence-electron chi connectivity index (χ2n) is 7.28. The van der Waals surface area contributed by atoms with Gasteiger partial charge in [0.15, 0.2) is 10.0 Å². The third kappa shape index (κ3) is 5.30. The molecule has 2 N–H and O–H groups in total. The van der Waals surface area contributed by atoms with Crippen LogP contribution in [0.2, 0.25) is 0 Å². The highest BCUT2D eigenvalue weighted by Gasteiger charge is 2.42. The second-order valence-corrected chi connectivity index (χ2v) is 9.48. The quantitative estimate of drug-likeness (QED) is 0.398. The summed E-state index contributed by atoms with van der Waals surface area (Å²) in [5.74, 6) is -0.471. The van der Waals surface area contributed by atoms with E-state index in [2.05, 4.69) is 4.98 Å². The molecule has 2 fully saturated rings. The van der Waals surface area contributed by atoms with Crippen molar-refractivity contribution in [2.75, 3.05) is 32.6 Å². The van der Waals surface area contributed by atoms with Gasteiger partial charge in [-0.1, -0.05) is 30.3 Å². The highest BCUT2D eigenvalue weighted by molar-refractivity contribution is 8.01. The number of ether oxygens (including phenoxy) is 2. The molecule has 3 rings (SSSR count). The van der Waals surface area contributed by atoms with E-state index < -0.39 is 12.1 Å². The summed E-state index contributed by atoms with van der Waals surface area (Å²) in [5.41, 5.74) is -0.0881. The van der Waals surface area contributed by atoms with Gasteiger partial charge in [0.2, 0.25) is 0 Å². The molecule has 1 saturated carbocycles. The van der Waals surface area contributed by atoms with Gasteiger partial charge in [-0.25, -0.2) is 14.6 Å². The van der Waals surface area contributed by atoms with Gasteiger partial charge in [-0.05, 0) is 19.3 Å². The Morgan fingerprint density at radius 2 is 2.38 bits per heavy atom. The van der Waals surface area contributed by atoms with Crippen molar-refractivity contribution < 1.29 is 29.3 Å². The monoisotopic (exact) mass is 442 g/mol. The lowest BCUT2D eigenvalue weighted by Crippen LogP contribution is -2.41. The molecule has 10 heteroatoms. The molecular weight excluding hydrogens is 416 g/mol. The molecule has 1 aromatic rings. The van der Waals surface area contributed by atoms with Gasteiger partial charge in [-0.2, -0.15) is 0 Å². The maximum Gasteiger partial charge on any atom is 0.410 e. The minimum absolute atomic E-state index is 0.0336. The summed E-state index contributed by atoms with van der Waals surface area (Å²) in [5, 5.41) is 21.1. The molecular formula is C19H26N2O6S2. The Bertz CT molecular complexity index is 749. The van der Waals surface area contributed by atoms with Crippen LogP contribution in [0.3, 0.4) is 0 Å². The predicted octanol–water partition coefficient (Wildman–Crippen LogP) is 2.88. The number of hydrogen-bond acceptors (Lipinski definition) is 8. The van der Waals surface area contributed by atoms with Crippen LogP contribution in [0, 0.1) is 5.41 Å². The van der Waals surface area contributed by atoms with Crippen LogP contribution in [0.15, 0.2) is 21.9 Å².